The highest BCUT2D eigenvalue weighted by molar-refractivity contribution is 5.73. The van der Waals surface area contributed by atoms with Crippen molar-refractivity contribution in [3.05, 3.63) is 0 Å². The summed E-state index contributed by atoms with van der Waals surface area (Å²) >= 11 is 0. The van der Waals surface area contributed by atoms with Crippen LogP contribution in [0.5, 0.6) is 0 Å². The molecule has 5 nitrogen and oxygen atoms in total. The molecule has 0 radical (unpaired) electrons. The molecule has 5 heteroatoms. The van der Waals surface area contributed by atoms with E-state index in [0.717, 1.165) is 0 Å². The summed E-state index contributed by atoms with van der Waals surface area (Å²) in [6.45, 7) is 0. The molecule has 0 spiro atoms. The fraction of sp³-hybridized carbons (Fsp3) is 0.714. The van der Waals surface area contributed by atoms with Crippen LogP contribution in [0.3, 0.4) is 0 Å². The van der Waals surface area contributed by atoms with Gasteiger partial charge in [-0.05, 0) is 12.8 Å². The number of esters is 1. The fourth-order valence-corrected chi connectivity index (χ4v) is 0.692. The van der Waals surface area contributed by atoms with Gasteiger partial charge in [0.05, 0.1) is 7.11 Å². The van der Waals surface area contributed by atoms with Crippen molar-refractivity contribution in [2.75, 3.05) is 7.11 Å². The molecule has 0 heterocycles. The lowest BCUT2D eigenvalue weighted by molar-refractivity contribution is -0.142. The molecule has 0 aromatic rings. The molecule has 0 rings (SSSR count). The monoisotopic (exact) mass is 175 g/mol. The summed E-state index contributed by atoms with van der Waals surface area (Å²) in [5, 5.41) is 8.36. The molecule has 12 heavy (non-hydrogen) atoms. The van der Waals surface area contributed by atoms with E-state index >= 15 is 0 Å². The Hall–Kier alpha value is -1.10. The van der Waals surface area contributed by atoms with Crippen LogP contribution in [0.15, 0.2) is 0 Å². The number of aliphatic carboxylic acids is 1. The number of methoxy groups -OCH3 is 1. The van der Waals surface area contributed by atoms with E-state index in [9.17, 15) is 9.59 Å². The Morgan fingerprint density at radius 2 is 2.17 bits per heavy atom. The lowest BCUT2D eigenvalue weighted by atomic mass is 10.1. The Labute approximate surface area is 70.5 Å². The lowest BCUT2D eigenvalue weighted by Crippen LogP contribution is -2.29. The summed E-state index contributed by atoms with van der Waals surface area (Å²) in [5.41, 5.74) is 5.19. The van der Waals surface area contributed by atoms with Gasteiger partial charge >= 0.3 is 11.9 Å². The number of carboxylic acids is 1. The highest BCUT2D eigenvalue weighted by atomic mass is 16.5. The molecule has 0 bridgehead atoms. The summed E-state index contributed by atoms with van der Waals surface area (Å²) in [5.74, 6) is -1.38. The molecular weight excluding hydrogens is 162 g/mol. The zero-order valence-electron chi connectivity index (χ0n) is 6.95. The van der Waals surface area contributed by atoms with E-state index in [1.165, 1.54) is 7.11 Å². The number of carboxylic acid groups (broad SMARTS) is 1. The average molecular weight is 175 g/mol. The third-order valence-corrected chi connectivity index (χ3v) is 1.44. The van der Waals surface area contributed by atoms with E-state index in [-0.39, 0.29) is 12.4 Å². The van der Waals surface area contributed by atoms with Crippen molar-refractivity contribution >= 4 is 11.9 Å². The van der Waals surface area contributed by atoms with Gasteiger partial charge in [0.2, 0.25) is 0 Å². The van der Waals surface area contributed by atoms with E-state index in [1.54, 1.807) is 0 Å². The molecule has 0 saturated carbocycles. The summed E-state index contributed by atoms with van der Waals surface area (Å²) in [6.07, 6.45) is 0.960. The molecule has 3 N–H and O–H groups in total. The van der Waals surface area contributed by atoms with Gasteiger partial charge in [0.15, 0.2) is 0 Å². The molecule has 70 valence electrons. The second-order valence-electron chi connectivity index (χ2n) is 2.41. The van der Waals surface area contributed by atoms with Crippen LogP contribution >= 0.6 is 0 Å². The van der Waals surface area contributed by atoms with Gasteiger partial charge in [0.1, 0.15) is 6.04 Å². The summed E-state index contributed by atoms with van der Waals surface area (Å²) in [4.78, 5) is 20.8. The smallest absolute Gasteiger partial charge is 0.320 e. The number of nitrogens with two attached hydrogens (primary N) is 1. The Kier molecular flexibility index (Phi) is 5.03. The van der Waals surface area contributed by atoms with Crippen LogP contribution in [0, 0.1) is 0 Å². The van der Waals surface area contributed by atoms with Gasteiger partial charge in [-0.3, -0.25) is 9.59 Å². The van der Waals surface area contributed by atoms with E-state index < -0.39 is 12.0 Å². The highest BCUT2D eigenvalue weighted by Crippen LogP contribution is 2.00. The molecule has 0 saturated heterocycles. The molecule has 0 amide bonds. The van der Waals surface area contributed by atoms with Gasteiger partial charge in [0, 0.05) is 6.42 Å². The number of carbonyl (C=O) groups is 2. The van der Waals surface area contributed by atoms with Crippen molar-refractivity contribution in [3.63, 3.8) is 0 Å². The van der Waals surface area contributed by atoms with Crippen LogP contribution in [0.4, 0.5) is 0 Å². The first-order chi connectivity index (χ1) is 5.57. The predicted octanol–water partition coefficient (Wildman–Crippen LogP) is -0.258. The number of hydrogen-bond acceptors (Lipinski definition) is 4. The SMILES string of the molecule is COC(=O)CCCC(N)C(=O)O. The van der Waals surface area contributed by atoms with E-state index in [0.29, 0.717) is 12.8 Å². The van der Waals surface area contributed by atoms with Gasteiger partial charge in [-0.2, -0.15) is 0 Å². The van der Waals surface area contributed by atoms with Gasteiger partial charge in [-0.1, -0.05) is 0 Å². The first kappa shape index (κ1) is 10.9. The maximum Gasteiger partial charge on any atom is 0.320 e. The summed E-state index contributed by atoms with van der Waals surface area (Å²) < 4.78 is 4.37. The molecule has 0 aliphatic heterocycles. The molecule has 1 unspecified atom stereocenters. The minimum atomic E-state index is -1.04. The van der Waals surface area contributed by atoms with Crippen LogP contribution in [-0.2, 0) is 14.3 Å². The Bertz CT molecular complexity index is 169. The number of hydrogen-bond donors (Lipinski definition) is 2. The standard InChI is InChI=1S/C7H13NO4/c1-12-6(9)4-2-3-5(8)7(10)11/h5H,2-4,8H2,1H3,(H,10,11). The second-order valence-corrected chi connectivity index (χ2v) is 2.41. The Morgan fingerprint density at radius 3 is 2.58 bits per heavy atom. The van der Waals surface area contributed by atoms with Crippen LogP contribution < -0.4 is 5.73 Å². The quantitative estimate of drug-likeness (QED) is 0.562. The predicted molar refractivity (Wildman–Crippen MR) is 41.5 cm³/mol. The number of ether oxygens (including phenoxy) is 1. The first-order valence-electron chi connectivity index (χ1n) is 3.63. The summed E-state index contributed by atoms with van der Waals surface area (Å²) in [6, 6.07) is -0.880. The van der Waals surface area contributed by atoms with Gasteiger partial charge in [0.25, 0.3) is 0 Å². The van der Waals surface area contributed by atoms with E-state index in [1.807, 2.05) is 0 Å². The van der Waals surface area contributed by atoms with Gasteiger partial charge in [-0.15, -0.1) is 0 Å². The Morgan fingerprint density at radius 1 is 1.58 bits per heavy atom. The lowest BCUT2D eigenvalue weighted by Gasteiger charge is -2.04. The third kappa shape index (κ3) is 4.68. The molecule has 0 fully saturated rings. The fourth-order valence-electron chi connectivity index (χ4n) is 0.692. The van der Waals surface area contributed by atoms with Crippen LogP contribution in [-0.4, -0.2) is 30.2 Å². The molecule has 0 aliphatic carbocycles. The minimum absolute atomic E-state index is 0.220. The van der Waals surface area contributed by atoms with Gasteiger partial charge in [-0.25, -0.2) is 0 Å². The van der Waals surface area contributed by atoms with Crippen molar-refractivity contribution < 1.29 is 19.4 Å². The molecular formula is C7H13NO4. The number of carbonyl (C=O) groups excluding carboxylic acids is 1. The van der Waals surface area contributed by atoms with Crippen LogP contribution in [0.2, 0.25) is 0 Å². The molecule has 1 atom stereocenters. The summed E-state index contributed by atoms with van der Waals surface area (Å²) in [7, 11) is 1.29. The van der Waals surface area contributed by atoms with Gasteiger partial charge < -0.3 is 15.6 Å². The minimum Gasteiger partial charge on any atom is -0.480 e. The van der Waals surface area contributed by atoms with Crippen molar-refractivity contribution in [3.8, 4) is 0 Å². The van der Waals surface area contributed by atoms with E-state index in [4.69, 9.17) is 10.8 Å². The van der Waals surface area contributed by atoms with Crippen molar-refractivity contribution in [2.24, 2.45) is 5.73 Å². The topological polar surface area (TPSA) is 89.6 Å². The van der Waals surface area contributed by atoms with Crippen LogP contribution in [0.25, 0.3) is 0 Å². The van der Waals surface area contributed by atoms with E-state index in [2.05, 4.69) is 4.74 Å². The third-order valence-electron chi connectivity index (χ3n) is 1.44. The maximum absolute atomic E-state index is 10.6. The van der Waals surface area contributed by atoms with Crippen molar-refractivity contribution in [2.45, 2.75) is 25.3 Å². The number of rotatable bonds is 5. The second kappa shape index (κ2) is 5.54. The zero-order chi connectivity index (χ0) is 9.56. The average Bonchev–Trinajstić information content (AvgIpc) is 2.03. The molecule has 0 aromatic heterocycles. The van der Waals surface area contributed by atoms with Crippen LogP contribution in [0.1, 0.15) is 19.3 Å². The Balaban J connectivity index is 3.43. The van der Waals surface area contributed by atoms with Crippen molar-refractivity contribution in [1.29, 1.82) is 0 Å². The normalized spacial score (nSPS) is 12.2. The first-order valence-corrected chi connectivity index (χ1v) is 3.63. The highest BCUT2D eigenvalue weighted by Gasteiger charge is 2.11. The maximum atomic E-state index is 10.6. The zero-order valence-corrected chi connectivity index (χ0v) is 6.95. The largest absolute Gasteiger partial charge is 0.480 e. The van der Waals surface area contributed by atoms with Crippen molar-refractivity contribution in [1.82, 2.24) is 0 Å². The molecule has 0 aromatic carbocycles. The molecule has 0 aliphatic rings.